The summed E-state index contributed by atoms with van der Waals surface area (Å²) in [6, 6.07) is 17.0. The molecule has 30 heavy (non-hydrogen) atoms. The molecule has 0 saturated heterocycles. The van der Waals surface area contributed by atoms with Crippen LogP contribution in [0.3, 0.4) is 0 Å². The highest BCUT2D eigenvalue weighted by molar-refractivity contribution is 5.97. The second-order valence-corrected chi connectivity index (χ2v) is 7.29. The smallest absolute Gasteiger partial charge is 0.373 e. The summed E-state index contributed by atoms with van der Waals surface area (Å²) in [5.74, 6) is 0.780. The number of benzene rings is 2. The summed E-state index contributed by atoms with van der Waals surface area (Å²) in [5.41, 5.74) is 3.89. The van der Waals surface area contributed by atoms with Gasteiger partial charge in [0.2, 0.25) is 5.76 Å². The molecule has 0 fully saturated rings. The van der Waals surface area contributed by atoms with Crippen LogP contribution in [-0.2, 0) is 24.3 Å². The zero-order valence-corrected chi connectivity index (χ0v) is 17.0. The molecule has 3 aromatic rings. The number of esters is 1. The van der Waals surface area contributed by atoms with Crippen LogP contribution >= 0.6 is 0 Å². The van der Waals surface area contributed by atoms with Crippen LogP contribution in [-0.4, -0.2) is 30.4 Å². The van der Waals surface area contributed by atoms with E-state index in [4.69, 9.17) is 9.15 Å². The van der Waals surface area contributed by atoms with Crippen molar-refractivity contribution in [2.24, 2.45) is 0 Å². The van der Waals surface area contributed by atoms with Crippen molar-refractivity contribution in [3.8, 4) is 5.75 Å². The third kappa shape index (κ3) is 4.08. The van der Waals surface area contributed by atoms with E-state index in [-0.39, 0.29) is 18.3 Å². The Hall–Kier alpha value is -3.54. The first-order chi connectivity index (χ1) is 14.5. The van der Waals surface area contributed by atoms with Crippen LogP contribution in [0.5, 0.6) is 5.75 Å². The van der Waals surface area contributed by atoms with E-state index < -0.39 is 5.97 Å². The average Bonchev–Trinajstić information content (AvgIpc) is 3.24. The van der Waals surface area contributed by atoms with Gasteiger partial charge in [0, 0.05) is 24.2 Å². The van der Waals surface area contributed by atoms with Gasteiger partial charge in [-0.3, -0.25) is 4.79 Å². The van der Waals surface area contributed by atoms with E-state index in [9.17, 15) is 9.59 Å². The number of furan rings is 1. The van der Waals surface area contributed by atoms with Crippen molar-refractivity contribution >= 4 is 11.9 Å². The number of fused-ring (bicyclic) bond motifs is 1. The van der Waals surface area contributed by atoms with Crippen molar-refractivity contribution in [3.63, 3.8) is 0 Å². The monoisotopic (exact) mass is 405 g/mol. The fourth-order valence-electron chi connectivity index (χ4n) is 3.56. The minimum atomic E-state index is -0.530. The molecule has 2 heterocycles. The van der Waals surface area contributed by atoms with Gasteiger partial charge in [-0.05, 0) is 43.2 Å². The predicted molar refractivity (Wildman–Crippen MR) is 110 cm³/mol. The molecule has 2 aromatic carbocycles. The zero-order valence-electron chi connectivity index (χ0n) is 17.0. The summed E-state index contributed by atoms with van der Waals surface area (Å²) in [7, 11) is 1.30. The predicted octanol–water partition coefficient (Wildman–Crippen LogP) is 4.15. The molecule has 154 valence electrons. The highest BCUT2D eigenvalue weighted by Crippen LogP contribution is 2.29. The lowest BCUT2D eigenvalue weighted by Crippen LogP contribution is -2.37. The Morgan fingerprint density at radius 3 is 2.67 bits per heavy atom. The molecule has 6 nitrogen and oxygen atoms in total. The maximum absolute atomic E-state index is 13.0. The molecular weight excluding hydrogens is 382 g/mol. The second-order valence-electron chi connectivity index (χ2n) is 7.29. The van der Waals surface area contributed by atoms with Crippen molar-refractivity contribution in [1.82, 2.24) is 4.90 Å². The van der Waals surface area contributed by atoms with E-state index >= 15 is 0 Å². The normalized spacial score (nSPS) is 13.1. The SMILES string of the molecule is COC(=O)c1ccc(COc2cccc3c2CCN(Cc2ccc(C)cc2)C3=O)o1. The second kappa shape index (κ2) is 8.45. The lowest BCUT2D eigenvalue weighted by Gasteiger charge is -2.29. The quantitative estimate of drug-likeness (QED) is 0.576. The topological polar surface area (TPSA) is 69.0 Å². The maximum atomic E-state index is 13.0. The Balaban J connectivity index is 1.46. The molecule has 0 saturated carbocycles. The third-order valence-corrected chi connectivity index (χ3v) is 5.19. The van der Waals surface area contributed by atoms with Crippen LogP contribution < -0.4 is 4.74 Å². The Bertz CT molecular complexity index is 1070. The van der Waals surface area contributed by atoms with E-state index in [1.807, 2.05) is 30.0 Å². The van der Waals surface area contributed by atoms with Crippen LogP contribution in [0.25, 0.3) is 0 Å². The zero-order chi connectivity index (χ0) is 21.1. The van der Waals surface area contributed by atoms with Crippen molar-refractivity contribution in [2.75, 3.05) is 13.7 Å². The molecule has 0 aliphatic carbocycles. The van der Waals surface area contributed by atoms with Gasteiger partial charge in [0.05, 0.1) is 7.11 Å². The Morgan fingerprint density at radius 2 is 1.90 bits per heavy atom. The number of methoxy groups -OCH3 is 1. The van der Waals surface area contributed by atoms with E-state index in [0.29, 0.717) is 36.6 Å². The minimum Gasteiger partial charge on any atom is -0.485 e. The van der Waals surface area contributed by atoms with E-state index in [0.717, 1.165) is 11.1 Å². The lowest BCUT2D eigenvalue weighted by atomic mass is 9.97. The molecule has 1 amide bonds. The first kappa shape index (κ1) is 19.8. The van der Waals surface area contributed by atoms with Crippen molar-refractivity contribution in [3.05, 3.63) is 88.4 Å². The molecule has 1 aliphatic rings. The summed E-state index contributed by atoms with van der Waals surface area (Å²) in [5, 5.41) is 0. The molecular formula is C24H23NO5. The van der Waals surface area contributed by atoms with Crippen molar-refractivity contribution < 1.29 is 23.5 Å². The Morgan fingerprint density at radius 1 is 1.10 bits per heavy atom. The van der Waals surface area contributed by atoms with Gasteiger partial charge in [0.25, 0.3) is 5.91 Å². The minimum absolute atomic E-state index is 0.00764. The third-order valence-electron chi connectivity index (χ3n) is 5.19. The fourth-order valence-corrected chi connectivity index (χ4v) is 3.56. The van der Waals surface area contributed by atoms with Crippen molar-refractivity contribution in [1.29, 1.82) is 0 Å². The molecule has 0 bridgehead atoms. The Kier molecular flexibility index (Phi) is 5.57. The van der Waals surface area contributed by atoms with E-state index in [2.05, 4.69) is 29.0 Å². The van der Waals surface area contributed by atoms with Crippen molar-refractivity contribution in [2.45, 2.75) is 26.5 Å². The number of carbonyl (C=O) groups is 2. The standard InChI is InChI=1S/C24H23NO5/c1-16-6-8-17(9-7-16)14-25-13-12-19-20(23(25)26)4-3-5-21(19)29-15-18-10-11-22(30-18)24(27)28-2/h3-11H,12-15H2,1-2H3. The van der Waals surface area contributed by atoms with Crippen LogP contribution in [0.4, 0.5) is 0 Å². The number of hydrogen-bond donors (Lipinski definition) is 0. The van der Waals surface area contributed by atoms with Gasteiger partial charge >= 0.3 is 5.97 Å². The molecule has 6 heteroatoms. The summed E-state index contributed by atoms with van der Waals surface area (Å²) < 4.78 is 16.0. The van der Waals surface area contributed by atoms with Gasteiger partial charge in [-0.25, -0.2) is 4.79 Å². The molecule has 1 aliphatic heterocycles. The molecule has 4 rings (SSSR count). The summed E-state index contributed by atoms with van der Waals surface area (Å²) >= 11 is 0. The van der Waals surface area contributed by atoms with Gasteiger partial charge in [0.15, 0.2) is 0 Å². The molecule has 0 N–H and O–H groups in total. The summed E-state index contributed by atoms with van der Waals surface area (Å²) in [6.07, 6.45) is 0.717. The first-order valence-electron chi connectivity index (χ1n) is 9.81. The number of rotatable bonds is 6. The molecule has 0 unspecified atom stereocenters. The number of aryl methyl sites for hydroxylation is 1. The number of hydrogen-bond acceptors (Lipinski definition) is 5. The van der Waals surface area contributed by atoms with Gasteiger partial charge in [-0.2, -0.15) is 0 Å². The number of ether oxygens (including phenoxy) is 2. The molecule has 1 aromatic heterocycles. The summed E-state index contributed by atoms with van der Waals surface area (Å²) in [6.45, 7) is 3.43. The van der Waals surface area contributed by atoms with E-state index in [1.165, 1.54) is 12.7 Å². The number of amides is 1. The molecule has 0 spiro atoms. The molecule has 0 atom stereocenters. The van der Waals surface area contributed by atoms with Gasteiger partial charge < -0.3 is 18.8 Å². The van der Waals surface area contributed by atoms with Gasteiger partial charge in [-0.15, -0.1) is 0 Å². The van der Waals surface area contributed by atoms with Gasteiger partial charge in [0.1, 0.15) is 18.1 Å². The van der Waals surface area contributed by atoms with Gasteiger partial charge in [-0.1, -0.05) is 35.9 Å². The number of nitrogens with zero attached hydrogens (tertiary/aromatic N) is 1. The fraction of sp³-hybridized carbons (Fsp3) is 0.250. The van der Waals surface area contributed by atoms with Crippen LogP contribution in [0, 0.1) is 6.92 Å². The average molecular weight is 405 g/mol. The molecule has 0 radical (unpaired) electrons. The maximum Gasteiger partial charge on any atom is 0.373 e. The largest absolute Gasteiger partial charge is 0.485 e. The number of carbonyl (C=O) groups excluding carboxylic acids is 2. The van der Waals surface area contributed by atoms with Crippen LogP contribution in [0.15, 0.2) is 59.0 Å². The van der Waals surface area contributed by atoms with E-state index in [1.54, 1.807) is 12.1 Å². The highest BCUT2D eigenvalue weighted by Gasteiger charge is 2.26. The van der Waals surface area contributed by atoms with Crippen LogP contribution in [0.2, 0.25) is 0 Å². The highest BCUT2D eigenvalue weighted by atomic mass is 16.5. The summed E-state index contributed by atoms with van der Waals surface area (Å²) in [4.78, 5) is 26.4. The van der Waals surface area contributed by atoms with Crippen LogP contribution in [0.1, 0.15) is 43.4 Å². The Labute approximate surface area is 175 Å². The first-order valence-corrected chi connectivity index (χ1v) is 9.81. The lowest BCUT2D eigenvalue weighted by molar-refractivity contribution is 0.0560.